The number of aromatic nitrogens is 1. The number of carbonyl (C=O) groups excluding carboxylic acids is 1. The molecular weight excluding hydrogens is 384 g/mol. The number of H-pyrrole nitrogens is 1. The molecule has 7 heteroatoms. The molecule has 1 N–H and O–H groups in total. The Bertz CT molecular complexity index is 928. The molecule has 7 nitrogen and oxygen atoms in total. The van der Waals surface area contributed by atoms with E-state index in [0.717, 1.165) is 43.9 Å². The van der Waals surface area contributed by atoms with Crippen LogP contribution in [0.2, 0.25) is 0 Å². The lowest BCUT2D eigenvalue weighted by Gasteiger charge is -2.35. The molecule has 1 atom stereocenters. The average Bonchev–Trinajstić information content (AvgIpc) is 2.76. The monoisotopic (exact) mass is 418 g/mol. The third-order valence-electron chi connectivity index (χ3n) is 5.63. The number of fused-ring (bicyclic) bond motifs is 1. The molecule has 3 rings (SSSR count). The molecule has 166 valence electrons. The smallest absolute Gasteiger partial charge is 0.261 e. The van der Waals surface area contributed by atoms with Crippen molar-refractivity contribution in [1.29, 1.82) is 0 Å². The van der Waals surface area contributed by atoms with E-state index >= 15 is 0 Å². The van der Waals surface area contributed by atoms with E-state index in [4.69, 9.17) is 14.2 Å². The molecule has 2 aromatic rings. The molecular formula is C23H34N2O5. The van der Waals surface area contributed by atoms with Gasteiger partial charge in [0.15, 0.2) is 11.5 Å². The van der Waals surface area contributed by atoms with E-state index in [2.05, 4.69) is 11.9 Å². The minimum absolute atomic E-state index is 0. The van der Waals surface area contributed by atoms with Gasteiger partial charge in [0.2, 0.25) is 0 Å². The van der Waals surface area contributed by atoms with E-state index in [-0.39, 0.29) is 18.9 Å². The lowest BCUT2D eigenvalue weighted by Crippen LogP contribution is -2.47. The van der Waals surface area contributed by atoms with E-state index in [1.165, 1.54) is 0 Å². The molecule has 1 aliphatic heterocycles. The summed E-state index contributed by atoms with van der Waals surface area (Å²) in [4.78, 5) is 30.7. The second-order valence-corrected chi connectivity index (χ2v) is 7.73. The Morgan fingerprint density at radius 2 is 2.10 bits per heavy atom. The molecule has 0 radical (unpaired) electrons. The van der Waals surface area contributed by atoms with Crippen molar-refractivity contribution in [1.82, 2.24) is 9.88 Å². The number of nitrogens with one attached hydrogen (secondary N) is 1. The number of piperidine rings is 1. The van der Waals surface area contributed by atoms with Crippen LogP contribution in [0, 0.1) is 0 Å². The topological polar surface area (TPSA) is 80.9 Å². The standard InChI is InChI=1S/C23H32N2O5.H2/c1-4-5-8-13-30-21-19(29-3)11-10-16-14-18(22(26)24-20(16)21)23(27)25-12-7-6-9-17(25)15-28-2;/h10-11,14,17H,4-9,12-13,15H2,1-3H3,(H,24,26);1H. The number of carbonyl (C=O) groups is 1. The number of nitrogens with zero attached hydrogens (tertiary/aromatic N) is 1. The molecule has 2 heterocycles. The van der Waals surface area contributed by atoms with E-state index in [1.807, 2.05) is 6.07 Å². The van der Waals surface area contributed by atoms with Gasteiger partial charge in [-0.3, -0.25) is 9.59 Å². The number of likely N-dealkylation sites (tertiary alicyclic amines) is 1. The number of hydrogen-bond acceptors (Lipinski definition) is 5. The van der Waals surface area contributed by atoms with Gasteiger partial charge in [0.1, 0.15) is 5.56 Å². The maximum absolute atomic E-state index is 13.2. The van der Waals surface area contributed by atoms with Crippen molar-refractivity contribution >= 4 is 16.8 Å². The summed E-state index contributed by atoms with van der Waals surface area (Å²) in [7, 11) is 3.21. The van der Waals surface area contributed by atoms with Crippen molar-refractivity contribution in [2.24, 2.45) is 0 Å². The van der Waals surface area contributed by atoms with E-state index in [9.17, 15) is 9.59 Å². The van der Waals surface area contributed by atoms with E-state index < -0.39 is 5.56 Å². The van der Waals surface area contributed by atoms with Crippen LogP contribution in [0.4, 0.5) is 0 Å². The number of rotatable bonds is 9. The summed E-state index contributed by atoms with van der Waals surface area (Å²) in [6, 6.07) is 5.30. The molecule has 1 unspecified atom stereocenters. The zero-order valence-corrected chi connectivity index (χ0v) is 18.2. The first-order chi connectivity index (χ1) is 14.6. The highest BCUT2D eigenvalue weighted by atomic mass is 16.5. The second-order valence-electron chi connectivity index (χ2n) is 7.73. The van der Waals surface area contributed by atoms with Crippen molar-refractivity contribution in [3.63, 3.8) is 0 Å². The molecule has 1 aromatic carbocycles. The molecule has 1 saturated heterocycles. The Labute approximate surface area is 178 Å². The minimum Gasteiger partial charge on any atom is -0.493 e. The molecule has 0 aliphatic carbocycles. The summed E-state index contributed by atoms with van der Waals surface area (Å²) in [5, 5.41) is 0.740. The molecule has 0 spiro atoms. The zero-order chi connectivity index (χ0) is 21.5. The SMILES string of the molecule is CCCCCOc1c(OC)ccc2cc(C(=O)N3CCCCC3COC)c(=O)[nH]c12.[HH]. The summed E-state index contributed by atoms with van der Waals surface area (Å²) in [5.41, 5.74) is 0.285. The maximum atomic E-state index is 13.2. The van der Waals surface area contributed by atoms with Crippen molar-refractivity contribution in [2.45, 2.75) is 51.5 Å². The third-order valence-corrected chi connectivity index (χ3v) is 5.63. The van der Waals surface area contributed by atoms with Crippen LogP contribution in [0.1, 0.15) is 57.2 Å². The lowest BCUT2D eigenvalue weighted by atomic mass is 10.0. The fraction of sp³-hybridized carbons (Fsp3) is 0.565. The molecule has 1 amide bonds. The van der Waals surface area contributed by atoms with Crippen LogP contribution in [0.25, 0.3) is 10.9 Å². The Balaban J connectivity index is 0.00000341. The van der Waals surface area contributed by atoms with Crippen LogP contribution in [0.3, 0.4) is 0 Å². The number of unbranched alkanes of at least 4 members (excludes halogenated alkanes) is 2. The van der Waals surface area contributed by atoms with Gasteiger partial charge in [0.25, 0.3) is 11.5 Å². The predicted molar refractivity (Wildman–Crippen MR) is 119 cm³/mol. The first-order valence-electron chi connectivity index (χ1n) is 10.8. The quantitative estimate of drug-likeness (QED) is 0.623. The Hall–Kier alpha value is -2.54. The van der Waals surface area contributed by atoms with Crippen molar-refractivity contribution in [3.05, 3.63) is 34.1 Å². The van der Waals surface area contributed by atoms with Gasteiger partial charge >= 0.3 is 0 Å². The fourth-order valence-corrected chi connectivity index (χ4v) is 4.01. The summed E-state index contributed by atoms with van der Waals surface area (Å²) in [6.45, 7) is 3.79. The van der Waals surface area contributed by atoms with Gasteiger partial charge in [0.05, 0.1) is 31.9 Å². The first-order valence-corrected chi connectivity index (χ1v) is 10.8. The number of amides is 1. The summed E-state index contributed by atoms with van der Waals surface area (Å²) < 4.78 is 16.7. The Morgan fingerprint density at radius 3 is 2.83 bits per heavy atom. The fourth-order valence-electron chi connectivity index (χ4n) is 4.01. The molecule has 1 aliphatic rings. The molecule has 1 fully saturated rings. The summed E-state index contributed by atoms with van der Waals surface area (Å²) >= 11 is 0. The van der Waals surface area contributed by atoms with E-state index in [0.29, 0.717) is 36.8 Å². The highest BCUT2D eigenvalue weighted by Gasteiger charge is 2.29. The van der Waals surface area contributed by atoms with Crippen molar-refractivity contribution in [3.8, 4) is 11.5 Å². The van der Waals surface area contributed by atoms with Gasteiger partial charge in [-0.25, -0.2) is 0 Å². The zero-order valence-electron chi connectivity index (χ0n) is 18.2. The molecule has 0 saturated carbocycles. The van der Waals surface area contributed by atoms with Crippen LogP contribution in [-0.2, 0) is 4.74 Å². The highest BCUT2D eigenvalue weighted by molar-refractivity contribution is 5.98. The minimum atomic E-state index is -0.416. The number of methoxy groups -OCH3 is 2. The Morgan fingerprint density at radius 1 is 1.27 bits per heavy atom. The van der Waals surface area contributed by atoms with Gasteiger partial charge in [0, 0.05) is 20.5 Å². The second kappa shape index (κ2) is 10.5. The first kappa shape index (κ1) is 22.2. The molecule has 1 aromatic heterocycles. The number of ether oxygens (including phenoxy) is 3. The van der Waals surface area contributed by atoms with Crippen LogP contribution in [0.5, 0.6) is 11.5 Å². The average molecular weight is 419 g/mol. The number of hydrogen-bond donors (Lipinski definition) is 1. The van der Waals surface area contributed by atoms with Crippen LogP contribution < -0.4 is 15.0 Å². The lowest BCUT2D eigenvalue weighted by molar-refractivity contribution is 0.0427. The van der Waals surface area contributed by atoms with Crippen LogP contribution in [-0.4, -0.2) is 55.8 Å². The number of benzene rings is 1. The molecule has 30 heavy (non-hydrogen) atoms. The largest absolute Gasteiger partial charge is 0.493 e. The van der Waals surface area contributed by atoms with Gasteiger partial charge in [-0.15, -0.1) is 0 Å². The van der Waals surface area contributed by atoms with Crippen molar-refractivity contribution < 1.29 is 20.4 Å². The van der Waals surface area contributed by atoms with E-state index in [1.54, 1.807) is 31.3 Å². The van der Waals surface area contributed by atoms with Gasteiger partial charge in [-0.05, 0) is 43.9 Å². The normalized spacial score (nSPS) is 16.6. The van der Waals surface area contributed by atoms with Gasteiger partial charge in [-0.1, -0.05) is 19.8 Å². The van der Waals surface area contributed by atoms with Crippen molar-refractivity contribution in [2.75, 3.05) is 34.0 Å². The number of aromatic amines is 1. The predicted octanol–water partition coefficient (Wildman–Crippen LogP) is 3.99. The van der Waals surface area contributed by atoms with Gasteiger partial charge < -0.3 is 24.1 Å². The Kier molecular flexibility index (Phi) is 7.74. The van der Waals surface area contributed by atoms with Crippen LogP contribution >= 0.6 is 0 Å². The van der Waals surface area contributed by atoms with Crippen LogP contribution in [0.15, 0.2) is 23.0 Å². The summed E-state index contributed by atoms with van der Waals surface area (Å²) in [6.07, 6.45) is 5.97. The number of pyridine rings is 1. The summed E-state index contributed by atoms with van der Waals surface area (Å²) in [5.74, 6) is 0.823. The molecule has 0 bridgehead atoms. The van der Waals surface area contributed by atoms with Gasteiger partial charge in [-0.2, -0.15) is 0 Å². The highest BCUT2D eigenvalue weighted by Crippen LogP contribution is 2.34. The third kappa shape index (κ3) is 4.78. The maximum Gasteiger partial charge on any atom is 0.261 e.